The summed E-state index contributed by atoms with van der Waals surface area (Å²) in [4.78, 5) is 35.6. The molecule has 4 aliphatic heterocycles. The van der Waals surface area contributed by atoms with Crippen molar-refractivity contribution in [1.29, 1.82) is 0 Å². The molecule has 4 rings (SSSR count). The van der Waals surface area contributed by atoms with E-state index in [1.165, 1.54) is 6.92 Å². The lowest BCUT2D eigenvalue weighted by atomic mass is 9.87. The highest BCUT2D eigenvalue weighted by Crippen LogP contribution is 2.47. The fourth-order valence-corrected chi connectivity index (χ4v) is 3.55. The lowest BCUT2D eigenvalue weighted by Gasteiger charge is -2.30. The molecule has 0 aromatic carbocycles. The third-order valence-electron chi connectivity index (χ3n) is 5.56. The van der Waals surface area contributed by atoms with E-state index in [0.717, 1.165) is 0 Å². The number of esters is 3. The predicted molar refractivity (Wildman–Crippen MR) is 77.1 cm³/mol. The van der Waals surface area contributed by atoms with Crippen molar-refractivity contribution in [3.8, 4) is 0 Å². The molecule has 4 heterocycles. The van der Waals surface area contributed by atoms with Gasteiger partial charge in [-0.25, -0.2) is 4.79 Å². The van der Waals surface area contributed by atoms with Gasteiger partial charge in [0, 0.05) is 0 Å². The Kier molecular flexibility index (Phi) is 4.18. The number of carbonyl (C=O) groups is 3. The van der Waals surface area contributed by atoms with E-state index in [-0.39, 0.29) is 13.0 Å². The molecule has 0 bridgehead atoms. The molecule has 4 aliphatic rings. The maximum atomic E-state index is 13.3. The topological polar surface area (TPSA) is 107 Å². The Morgan fingerprint density at radius 3 is 2.50 bits per heavy atom. The van der Waals surface area contributed by atoms with Gasteiger partial charge >= 0.3 is 24.1 Å². The largest absolute Gasteiger partial charge is 0.460 e. The molecule has 0 aliphatic carbocycles. The van der Waals surface area contributed by atoms with Crippen LogP contribution in [0.15, 0.2) is 0 Å². The van der Waals surface area contributed by atoms with Crippen molar-refractivity contribution in [2.75, 3.05) is 6.61 Å². The van der Waals surface area contributed by atoms with E-state index in [2.05, 4.69) is 0 Å². The van der Waals surface area contributed by atoms with Crippen LogP contribution in [0.1, 0.15) is 26.7 Å². The molecule has 0 N–H and O–H groups in total. The summed E-state index contributed by atoms with van der Waals surface area (Å²) in [5.41, 5.74) is -2.78. The quantitative estimate of drug-likeness (QED) is 0.488. The van der Waals surface area contributed by atoms with E-state index in [4.69, 9.17) is 28.4 Å². The second-order valence-corrected chi connectivity index (χ2v) is 7.33. The Morgan fingerprint density at radius 2 is 1.93 bits per heavy atom. The summed E-state index contributed by atoms with van der Waals surface area (Å²) in [6.45, 7) is 1.73. The lowest BCUT2D eigenvalue weighted by Crippen LogP contribution is -2.47. The molecule has 7 unspecified atom stereocenters. The average molecular weight is 410 g/mol. The van der Waals surface area contributed by atoms with Crippen LogP contribution in [0.3, 0.4) is 0 Å². The summed E-state index contributed by atoms with van der Waals surface area (Å²) in [7, 11) is 0. The molecule has 156 valence electrons. The van der Waals surface area contributed by atoms with Gasteiger partial charge in [0.15, 0.2) is 23.9 Å². The molecule has 12 heteroatoms. The van der Waals surface area contributed by atoms with E-state index >= 15 is 0 Å². The van der Waals surface area contributed by atoms with Gasteiger partial charge in [-0.05, 0) is 13.3 Å². The minimum Gasteiger partial charge on any atom is -0.460 e. The number of hydrogen-bond acceptors (Lipinski definition) is 9. The summed E-state index contributed by atoms with van der Waals surface area (Å²) in [6.07, 6.45) is -11.5. The number of halogens is 3. The average Bonchev–Trinajstić information content (AvgIpc) is 3.30. The smallest absolute Gasteiger partial charge is 0.404 e. The van der Waals surface area contributed by atoms with Crippen LogP contribution in [-0.2, 0) is 42.8 Å². The van der Waals surface area contributed by atoms with Crippen LogP contribution in [0.5, 0.6) is 0 Å². The Bertz CT molecular complexity index is 725. The van der Waals surface area contributed by atoms with Gasteiger partial charge in [0.2, 0.25) is 11.9 Å². The summed E-state index contributed by atoms with van der Waals surface area (Å²) >= 11 is 0. The van der Waals surface area contributed by atoms with Crippen molar-refractivity contribution in [1.82, 2.24) is 0 Å². The number of rotatable bonds is 3. The van der Waals surface area contributed by atoms with E-state index in [1.807, 2.05) is 0 Å². The van der Waals surface area contributed by atoms with Crippen LogP contribution >= 0.6 is 0 Å². The molecule has 28 heavy (non-hydrogen) atoms. The van der Waals surface area contributed by atoms with Gasteiger partial charge in [-0.15, -0.1) is 0 Å². The van der Waals surface area contributed by atoms with Crippen LogP contribution in [0.25, 0.3) is 0 Å². The van der Waals surface area contributed by atoms with Crippen LogP contribution in [-0.4, -0.2) is 67.2 Å². The predicted octanol–water partition coefficient (Wildman–Crippen LogP) is 0.586. The van der Waals surface area contributed by atoms with E-state index < -0.39 is 72.4 Å². The lowest BCUT2D eigenvalue weighted by molar-refractivity contribution is -0.243. The molecule has 7 atom stereocenters. The molecule has 0 radical (unpaired) electrons. The maximum absolute atomic E-state index is 13.3. The molecule has 4 fully saturated rings. The monoisotopic (exact) mass is 410 g/mol. The second kappa shape index (κ2) is 6.04. The van der Waals surface area contributed by atoms with Crippen molar-refractivity contribution in [2.45, 2.75) is 69.4 Å². The van der Waals surface area contributed by atoms with E-state index in [1.54, 1.807) is 0 Å². The first-order valence-corrected chi connectivity index (χ1v) is 8.65. The number of ether oxygens (including phenoxy) is 6. The number of hydrogen-bond donors (Lipinski definition) is 0. The van der Waals surface area contributed by atoms with Gasteiger partial charge in [-0.2, -0.15) is 13.2 Å². The SMILES string of the molecule is CCC(C)(C(=O)OC1C(=O)OC2C3OC4(COC(=O)C4)OC3OC12)C(F)(F)F. The fraction of sp³-hybridized carbons (Fsp3) is 0.812. The summed E-state index contributed by atoms with van der Waals surface area (Å²) in [5.74, 6) is -4.52. The molecule has 0 aromatic heterocycles. The standard InChI is InChI=1S/C16H17F3O9/c1-3-14(2,16(17,18)19)13(22)26-9-7-8(24-11(9)21)10-12(25-7)28-15(27-10)4-6(20)23-5-15/h7-10,12H,3-5H2,1-2H3. The molecule has 0 saturated carbocycles. The van der Waals surface area contributed by atoms with E-state index in [0.29, 0.717) is 6.92 Å². The first-order valence-electron chi connectivity index (χ1n) is 8.65. The van der Waals surface area contributed by atoms with Gasteiger partial charge in [0.25, 0.3) is 0 Å². The third-order valence-corrected chi connectivity index (χ3v) is 5.56. The normalized spacial score (nSPS) is 41.4. The molecular formula is C16H17F3O9. The zero-order chi connectivity index (χ0) is 20.5. The van der Waals surface area contributed by atoms with Crippen molar-refractivity contribution < 1.29 is 56.0 Å². The Labute approximate surface area is 156 Å². The van der Waals surface area contributed by atoms with Crippen molar-refractivity contribution in [3.05, 3.63) is 0 Å². The molecule has 0 amide bonds. The fourth-order valence-electron chi connectivity index (χ4n) is 3.55. The van der Waals surface area contributed by atoms with Gasteiger partial charge in [-0.1, -0.05) is 6.92 Å². The summed E-state index contributed by atoms with van der Waals surface area (Å²) in [5, 5.41) is 0. The highest BCUT2D eigenvalue weighted by Gasteiger charge is 2.68. The molecule has 9 nitrogen and oxygen atoms in total. The second-order valence-electron chi connectivity index (χ2n) is 7.33. The van der Waals surface area contributed by atoms with Crippen molar-refractivity contribution in [3.63, 3.8) is 0 Å². The minimum absolute atomic E-state index is 0.160. The molecule has 1 spiro atoms. The number of carbonyl (C=O) groups excluding carboxylic acids is 3. The number of alkyl halides is 3. The molecule has 4 saturated heterocycles. The third kappa shape index (κ3) is 2.69. The zero-order valence-corrected chi connectivity index (χ0v) is 14.8. The summed E-state index contributed by atoms with van der Waals surface area (Å²) in [6, 6.07) is 0. The zero-order valence-electron chi connectivity index (χ0n) is 14.8. The molecular weight excluding hydrogens is 393 g/mol. The summed E-state index contributed by atoms with van der Waals surface area (Å²) < 4.78 is 71.3. The highest BCUT2D eigenvalue weighted by molar-refractivity contribution is 5.84. The van der Waals surface area contributed by atoms with Gasteiger partial charge in [-0.3, -0.25) is 9.59 Å². The van der Waals surface area contributed by atoms with Gasteiger partial charge in [0.05, 0.1) is 0 Å². The first kappa shape index (κ1) is 19.4. The Balaban J connectivity index is 1.47. The number of fused-ring (bicyclic) bond motifs is 3. The van der Waals surface area contributed by atoms with Crippen LogP contribution in [0.2, 0.25) is 0 Å². The highest BCUT2D eigenvalue weighted by atomic mass is 19.4. The van der Waals surface area contributed by atoms with Crippen LogP contribution in [0, 0.1) is 5.41 Å². The first-order chi connectivity index (χ1) is 13.0. The number of cyclic esters (lactones) is 1. The van der Waals surface area contributed by atoms with E-state index in [9.17, 15) is 27.6 Å². The Hall–Kier alpha value is -1.92. The van der Waals surface area contributed by atoms with Gasteiger partial charge < -0.3 is 28.4 Å². The van der Waals surface area contributed by atoms with Gasteiger partial charge in [0.1, 0.15) is 19.1 Å². The Morgan fingerprint density at radius 1 is 1.21 bits per heavy atom. The van der Waals surface area contributed by atoms with Crippen LogP contribution < -0.4 is 0 Å². The van der Waals surface area contributed by atoms with Crippen LogP contribution in [0.4, 0.5) is 13.2 Å². The maximum Gasteiger partial charge on any atom is 0.404 e. The minimum atomic E-state index is -4.86. The molecule has 0 aromatic rings. The van der Waals surface area contributed by atoms with Crippen molar-refractivity contribution in [2.24, 2.45) is 5.41 Å². The van der Waals surface area contributed by atoms with Crippen molar-refractivity contribution >= 4 is 17.9 Å².